The minimum absolute atomic E-state index is 0.754. The molecule has 0 aromatic rings. The van der Waals surface area contributed by atoms with Crippen LogP contribution < -0.4 is 0 Å². The molecule has 0 aliphatic carbocycles. The van der Waals surface area contributed by atoms with Crippen molar-refractivity contribution in [2.75, 3.05) is 20.0 Å². The van der Waals surface area contributed by atoms with Gasteiger partial charge >= 0.3 is 0 Å². The predicted molar refractivity (Wildman–Crippen MR) is 60.5 cm³/mol. The van der Waals surface area contributed by atoms with Crippen LogP contribution in [-0.2, 0) is 0 Å². The first kappa shape index (κ1) is 11.2. The maximum Gasteiger partial charge on any atom is 0.109 e. The summed E-state index contributed by atoms with van der Waals surface area (Å²) < 4.78 is 0. The summed E-state index contributed by atoms with van der Waals surface area (Å²) in [5.41, 5.74) is 0. The van der Waals surface area contributed by atoms with Crippen molar-refractivity contribution in [3.63, 3.8) is 0 Å². The van der Waals surface area contributed by atoms with Gasteiger partial charge in [0.15, 0.2) is 0 Å². The van der Waals surface area contributed by atoms with E-state index in [0.717, 1.165) is 20.0 Å². The van der Waals surface area contributed by atoms with Gasteiger partial charge in [0.25, 0.3) is 0 Å². The molecule has 1 aliphatic rings. The van der Waals surface area contributed by atoms with Crippen LogP contribution in [0.15, 0.2) is 0 Å². The number of hydrogen-bond acceptors (Lipinski definition) is 3. The Balaban J connectivity index is 2.72. The average molecular weight is 201 g/mol. The van der Waals surface area contributed by atoms with Crippen LogP contribution in [0.3, 0.4) is 0 Å². The van der Waals surface area contributed by atoms with E-state index in [2.05, 4.69) is 35.9 Å². The summed E-state index contributed by atoms with van der Waals surface area (Å²) in [5.74, 6) is 8.67. The van der Waals surface area contributed by atoms with Gasteiger partial charge in [-0.3, -0.25) is 14.7 Å². The molecule has 1 heterocycles. The number of nitrogens with zero attached hydrogens (tertiary/aromatic N) is 3. The highest BCUT2D eigenvalue weighted by Gasteiger charge is 2.17. The lowest BCUT2D eigenvalue weighted by atomic mass is 10.5. The Hall–Kier alpha value is -1.92. The van der Waals surface area contributed by atoms with E-state index in [0.29, 0.717) is 0 Å². The molecule has 0 atom stereocenters. The first-order valence-electron chi connectivity index (χ1n) is 4.82. The Bertz CT molecular complexity index is 312. The van der Waals surface area contributed by atoms with E-state index in [4.69, 9.17) is 0 Å². The van der Waals surface area contributed by atoms with Gasteiger partial charge in [-0.2, -0.15) is 0 Å². The van der Waals surface area contributed by atoms with Gasteiger partial charge in [0.2, 0.25) is 0 Å². The highest BCUT2D eigenvalue weighted by atomic mass is 15.5. The fourth-order valence-electron chi connectivity index (χ4n) is 1.44. The van der Waals surface area contributed by atoms with E-state index < -0.39 is 0 Å². The number of hydrogen-bond donors (Lipinski definition) is 0. The molecule has 15 heavy (non-hydrogen) atoms. The van der Waals surface area contributed by atoms with Crippen molar-refractivity contribution in [3.8, 4) is 35.9 Å². The monoisotopic (exact) mass is 201 g/mol. The Morgan fingerprint density at radius 2 is 0.867 bits per heavy atom. The van der Waals surface area contributed by atoms with Gasteiger partial charge in [-0.05, 0) is 20.8 Å². The van der Waals surface area contributed by atoms with Gasteiger partial charge in [0, 0.05) is 18.1 Å². The van der Waals surface area contributed by atoms with Crippen molar-refractivity contribution in [2.45, 2.75) is 20.8 Å². The molecule has 3 nitrogen and oxygen atoms in total. The van der Waals surface area contributed by atoms with Crippen molar-refractivity contribution in [3.05, 3.63) is 0 Å². The van der Waals surface area contributed by atoms with E-state index in [1.807, 2.05) is 35.5 Å². The average Bonchev–Trinajstić information content (AvgIpc) is 2.19. The molecule has 1 aliphatic heterocycles. The van der Waals surface area contributed by atoms with Crippen LogP contribution in [0.25, 0.3) is 0 Å². The molecule has 0 amide bonds. The van der Waals surface area contributed by atoms with Crippen molar-refractivity contribution in [2.24, 2.45) is 0 Å². The lowest BCUT2D eigenvalue weighted by Crippen LogP contribution is -2.49. The molecule has 0 saturated carbocycles. The molecule has 78 valence electrons. The largest absolute Gasteiger partial charge is 0.294 e. The van der Waals surface area contributed by atoms with E-state index in [1.54, 1.807) is 0 Å². The summed E-state index contributed by atoms with van der Waals surface area (Å²) in [6.45, 7) is 7.76. The lowest BCUT2D eigenvalue weighted by Gasteiger charge is -2.36. The molecular weight excluding hydrogens is 186 g/mol. The van der Waals surface area contributed by atoms with Crippen molar-refractivity contribution in [1.82, 2.24) is 14.7 Å². The second-order valence-corrected chi connectivity index (χ2v) is 3.13. The van der Waals surface area contributed by atoms with Gasteiger partial charge < -0.3 is 0 Å². The van der Waals surface area contributed by atoms with Crippen molar-refractivity contribution >= 4 is 0 Å². The fourth-order valence-corrected chi connectivity index (χ4v) is 1.44. The highest BCUT2D eigenvalue weighted by Crippen LogP contribution is 2.04. The third kappa shape index (κ3) is 3.37. The minimum Gasteiger partial charge on any atom is -0.294 e. The maximum absolute atomic E-state index is 3.03. The van der Waals surface area contributed by atoms with Gasteiger partial charge in [-0.25, -0.2) is 0 Å². The molecule has 1 saturated heterocycles. The second kappa shape index (κ2) is 5.74. The topological polar surface area (TPSA) is 9.72 Å². The normalized spacial score (nSPS) is 14.2. The van der Waals surface area contributed by atoms with Crippen LogP contribution >= 0.6 is 0 Å². The molecule has 0 unspecified atom stereocenters. The molecule has 1 fully saturated rings. The highest BCUT2D eigenvalue weighted by molar-refractivity contribution is 5.04. The molecule has 0 aromatic carbocycles. The Kier molecular flexibility index (Phi) is 4.27. The smallest absolute Gasteiger partial charge is 0.109 e. The molecule has 0 radical (unpaired) electrons. The zero-order valence-electron chi connectivity index (χ0n) is 9.46. The molecule has 1 rings (SSSR count). The minimum atomic E-state index is 0.754. The molecule has 0 bridgehead atoms. The SMILES string of the molecule is CC#CN1CN(C#CC)CN(C#CC)C1. The van der Waals surface area contributed by atoms with E-state index in [-0.39, 0.29) is 0 Å². The van der Waals surface area contributed by atoms with Crippen LogP contribution in [0.4, 0.5) is 0 Å². The third-order valence-corrected chi connectivity index (χ3v) is 1.83. The molecular formula is C12H15N3. The summed E-state index contributed by atoms with van der Waals surface area (Å²) in [4.78, 5) is 5.99. The first-order chi connectivity index (χ1) is 7.30. The molecule has 3 heteroatoms. The number of rotatable bonds is 0. The van der Waals surface area contributed by atoms with Crippen molar-refractivity contribution < 1.29 is 0 Å². The third-order valence-electron chi connectivity index (χ3n) is 1.83. The maximum atomic E-state index is 3.03. The van der Waals surface area contributed by atoms with E-state index in [9.17, 15) is 0 Å². The predicted octanol–water partition coefficient (Wildman–Crippen LogP) is 0.721. The Labute approximate surface area is 92.0 Å². The molecule has 0 spiro atoms. The van der Waals surface area contributed by atoms with Gasteiger partial charge in [-0.15, -0.1) is 0 Å². The van der Waals surface area contributed by atoms with Gasteiger partial charge in [0.1, 0.15) is 20.0 Å². The quantitative estimate of drug-likeness (QED) is 0.535. The summed E-state index contributed by atoms with van der Waals surface area (Å²) in [6.07, 6.45) is 0. The first-order valence-corrected chi connectivity index (χ1v) is 4.82. The van der Waals surface area contributed by atoms with Crippen molar-refractivity contribution in [1.29, 1.82) is 0 Å². The summed E-state index contributed by atoms with van der Waals surface area (Å²) in [5, 5.41) is 0. The zero-order valence-corrected chi connectivity index (χ0v) is 9.46. The Morgan fingerprint density at radius 3 is 1.07 bits per heavy atom. The van der Waals surface area contributed by atoms with Crippen LogP contribution in [-0.4, -0.2) is 34.7 Å². The van der Waals surface area contributed by atoms with Crippen LogP contribution in [0.2, 0.25) is 0 Å². The van der Waals surface area contributed by atoms with Crippen LogP contribution in [0.5, 0.6) is 0 Å². The zero-order chi connectivity index (χ0) is 11.1. The van der Waals surface area contributed by atoms with E-state index >= 15 is 0 Å². The lowest BCUT2D eigenvalue weighted by molar-refractivity contribution is 0.0769. The second-order valence-electron chi connectivity index (χ2n) is 3.13. The fraction of sp³-hybridized carbons (Fsp3) is 0.500. The van der Waals surface area contributed by atoms with E-state index in [1.165, 1.54) is 0 Å². The van der Waals surface area contributed by atoms with Gasteiger partial charge in [0.05, 0.1) is 0 Å². The standard InChI is InChI=1S/C12H15N3/c1-4-7-13-10-14(8-5-2)12-15(11-13)9-6-3/h10-12H2,1-3H3. The van der Waals surface area contributed by atoms with Crippen LogP contribution in [0, 0.1) is 35.9 Å². The van der Waals surface area contributed by atoms with Crippen LogP contribution in [0.1, 0.15) is 20.8 Å². The Morgan fingerprint density at radius 1 is 0.600 bits per heavy atom. The molecule has 0 aromatic heterocycles. The summed E-state index contributed by atoms with van der Waals surface area (Å²) in [6, 6.07) is 9.08. The molecule has 0 N–H and O–H groups in total. The summed E-state index contributed by atoms with van der Waals surface area (Å²) >= 11 is 0. The summed E-state index contributed by atoms with van der Waals surface area (Å²) in [7, 11) is 0. The van der Waals surface area contributed by atoms with Gasteiger partial charge in [-0.1, -0.05) is 17.8 Å².